The minimum atomic E-state index is -4.72. The van der Waals surface area contributed by atoms with Crippen molar-refractivity contribution in [2.75, 3.05) is 18.2 Å². The Morgan fingerprint density at radius 1 is 1.03 bits per heavy atom. The van der Waals surface area contributed by atoms with E-state index in [1.165, 1.54) is 37.3 Å². The standard InChI is InChI=1S/C23H22F3N3O6S2/c1-14-20(37(34,35)27-2)12-19(21(30)28-14)22(31)29(17-6-4-5-16(11-17)23(24,25)26)13-15-7-9-18(10-8-15)36(3,32)33/h4-12,27H,13H2,1-3H3,(H,28,30). The van der Waals surface area contributed by atoms with Crippen molar-refractivity contribution >= 4 is 31.5 Å². The third kappa shape index (κ3) is 6.26. The van der Waals surface area contributed by atoms with Crippen LogP contribution in [0, 0.1) is 6.92 Å². The molecule has 0 saturated carbocycles. The molecule has 0 fully saturated rings. The van der Waals surface area contributed by atoms with Crippen LogP contribution < -0.4 is 15.2 Å². The molecule has 3 rings (SSSR count). The molecule has 0 saturated heterocycles. The highest BCUT2D eigenvalue weighted by molar-refractivity contribution is 7.90. The van der Waals surface area contributed by atoms with E-state index in [1.54, 1.807) is 0 Å². The zero-order chi connectivity index (χ0) is 27.8. The molecule has 2 N–H and O–H groups in total. The SMILES string of the molecule is CNS(=O)(=O)c1cc(C(=O)N(Cc2ccc(S(C)(=O)=O)cc2)c2cccc(C(F)(F)F)c2)c(=O)[nH]c1C. The summed E-state index contributed by atoms with van der Waals surface area (Å²) in [5.41, 5.74) is -2.54. The summed E-state index contributed by atoms with van der Waals surface area (Å²) in [6.45, 7) is 0.958. The fourth-order valence-corrected chi connectivity index (χ4v) is 5.03. The Morgan fingerprint density at radius 2 is 1.65 bits per heavy atom. The lowest BCUT2D eigenvalue weighted by molar-refractivity contribution is -0.137. The monoisotopic (exact) mass is 557 g/mol. The molecule has 198 valence electrons. The van der Waals surface area contributed by atoms with Gasteiger partial charge in [-0.15, -0.1) is 0 Å². The number of aryl methyl sites for hydroxylation is 1. The van der Waals surface area contributed by atoms with Crippen LogP contribution in [0.3, 0.4) is 0 Å². The van der Waals surface area contributed by atoms with Gasteiger partial charge in [0.1, 0.15) is 10.5 Å². The predicted molar refractivity (Wildman–Crippen MR) is 130 cm³/mol. The summed E-state index contributed by atoms with van der Waals surface area (Å²) in [5, 5.41) is 0. The number of alkyl halides is 3. The van der Waals surface area contributed by atoms with Gasteiger partial charge in [0.2, 0.25) is 10.0 Å². The second kappa shape index (κ2) is 10.1. The van der Waals surface area contributed by atoms with Gasteiger partial charge < -0.3 is 9.88 Å². The molecule has 0 radical (unpaired) electrons. The van der Waals surface area contributed by atoms with Crippen molar-refractivity contribution in [2.24, 2.45) is 0 Å². The Labute approximate surface area is 210 Å². The van der Waals surface area contributed by atoms with Crippen LogP contribution in [0.2, 0.25) is 0 Å². The third-order valence-corrected chi connectivity index (χ3v) is 8.07. The highest BCUT2D eigenvalue weighted by atomic mass is 32.2. The van der Waals surface area contributed by atoms with Crippen molar-refractivity contribution in [3.63, 3.8) is 0 Å². The largest absolute Gasteiger partial charge is 0.416 e. The normalized spacial score (nSPS) is 12.4. The number of hydrogen-bond donors (Lipinski definition) is 2. The Balaban J connectivity index is 2.17. The lowest BCUT2D eigenvalue weighted by Crippen LogP contribution is -2.35. The third-order valence-electron chi connectivity index (χ3n) is 5.40. The van der Waals surface area contributed by atoms with Gasteiger partial charge in [-0.2, -0.15) is 13.2 Å². The van der Waals surface area contributed by atoms with Gasteiger partial charge in [-0.25, -0.2) is 21.6 Å². The number of nitrogens with zero attached hydrogens (tertiary/aromatic N) is 1. The number of hydrogen-bond acceptors (Lipinski definition) is 6. The van der Waals surface area contributed by atoms with E-state index in [4.69, 9.17) is 0 Å². The summed E-state index contributed by atoms with van der Waals surface area (Å²) in [7, 11) is -6.48. The number of benzene rings is 2. The number of aromatic amines is 1. The van der Waals surface area contributed by atoms with Gasteiger partial charge in [0.05, 0.1) is 17.0 Å². The molecule has 1 heterocycles. The molecule has 9 nitrogen and oxygen atoms in total. The first-order valence-electron chi connectivity index (χ1n) is 10.5. The van der Waals surface area contributed by atoms with Crippen molar-refractivity contribution in [1.29, 1.82) is 0 Å². The summed E-state index contributed by atoms with van der Waals surface area (Å²) in [6.07, 6.45) is -3.72. The average Bonchev–Trinajstić information content (AvgIpc) is 2.81. The predicted octanol–water partition coefficient (Wildman–Crippen LogP) is 2.86. The molecule has 0 aliphatic heterocycles. The molecular weight excluding hydrogens is 535 g/mol. The molecule has 1 amide bonds. The highest BCUT2D eigenvalue weighted by Crippen LogP contribution is 2.32. The van der Waals surface area contributed by atoms with Crippen LogP contribution in [0.15, 0.2) is 69.2 Å². The number of pyridine rings is 1. The molecule has 0 bridgehead atoms. The summed E-state index contributed by atoms with van der Waals surface area (Å²) >= 11 is 0. The lowest BCUT2D eigenvalue weighted by Gasteiger charge is -2.24. The first-order chi connectivity index (χ1) is 17.0. The summed E-state index contributed by atoms with van der Waals surface area (Å²) in [6, 6.07) is 10.00. The second-order valence-electron chi connectivity index (χ2n) is 8.06. The van der Waals surface area contributed by atoms with Gasteiger partial charge in [0, 0.05) is 17.6 Å². The number of amides is 1. The summed E-state index contributed by atoms with van der Waals surface area (Å²) < 4.78 is 90.5. The van der Waals surface area contributed by atoms with E-state index in [9.17, 15) is 39.6 Å². The number of H-pyrrole nitrogens is 1. The molecule has 37 heavy (non-hydrogen) atoms. The van der Waals surface area contributed by atoms with Gasteiger partial charge in [0.15, 0.2) is 9.84 Å². The summed E-state index contributed by atoms with van der Waals surface area (Å²) in [5.74, 6) is -1.07. The molecule has 14 heteroatoms. The number of rotatable bonds is 7. The number of aromatic nitrogens is 1. The Hall–Kier alpha value is -3.49. The highest BCUT2D eigenvalue weighted by Gasteiger charge is 2.32. The van der Waals surface area contributed by atoms with Gasteiger partial charge in [-0.1, -0.05) is 18.2 Å². The molecule has 1 aromatic heterocycles. The van der Waals surface area contributed by atoms with E-state index in [2.05, 4.69) is 9.71 Å². The molecule has 0 aliphatic rings. The number of sulfonamides is 1. The van der Waals surface area contributed by atoms with Crippen molar-refractivity contribution in [3.8, 4) is 0 Å². The lowest BCUT2D eigenvalue weighted by atomic mass is 10.1. The molecule has 0 atom stereocenters. The van der Waals surface area contributed by atoms with Crippen LogP contribution in [-0.2, 0) is 32.6 Å². The molecule has 3 aromatic rings. The van der Waals surface area contributed by atoms with Crippen LogP contribution in [0.5, 0.6) is 0 Å². The Bertz CT molecular complexity index is 1610. The van der Waals surface area contributed by atoms with E-state index < -0.39 is 48.6 Å². The number of sulfone groups is 1. The minimum absolute atomic E-state index is 0.00918. The Kier molecular flexibility index (Phi) is 7.67. The van der Waals surface area contributed by atoms with E-state index in [0.717, 1.165) is 42.5 Å². The molecular formula is C23H22F3N3O6S2. The number of carbonyl (C=O) groups is 1. The molecule has 0 aliphatic carbocycles. The van der Waals surface area contributed by atoms with Gasteiger partial charge in [0.25, 0.3) is 11.5 Å². The number of anilines is 1. The van der Waals surface area contributed by atoms with E-state index in [0.29, 0.717) is 5.56 Å². The van der Waals surface area contributed by atoms with Crippen LogP contribution in [0.1, 0.15) is 27.2 Å². The Morgan fingerprint density at radius 3 is 2.19 bits per heavy atom. The smallest absolute Gasteiger partial charge is 0.324 e. The van der Waals surface area contributed by atoms with Gasteiger partial charge in [-0.3, -0.25) is 9.59 Å². The maximum Gasteiger partial charge on any atom is 0.416 e. The molecule has 0 unspecified atom stereocenters. The van der Waals surface area contributed by atoms with Gasteiger partial charge in [-0.05, 0) is 55.9 Å². The van der Waals surface area contributed by atoms with E-state index in [1.807, 2.05) is 0 Å². The zero-order valence-corrected chi connectivity index (χ0v) is 21.4. The van der Waals surface area contributed by atoms with Crippen LogP contribution in [0.4, 0.5) is 18.9 Å². The van der Waals surface area contributed by atoms with Crippen LogP contribution >= 0.6 is 0 Å². The maximum atomic E-state index is 13.6. The fraction of sp³-hybridized carbons (Fsp3) is 0.217. The fourth-order valence-electron chi connectivity index (χ4n) is 3.45. The van der Waals surface area contributed by atoms with Crippen molar-refractivity contribution in [2.45, 2.75) is 29.4 Å². The average molecular weight is 558 g/mol. The minimum Gasteiger partial charge on any atom is -0.324 e. The van der Waals surface area contributed by atoms with Crippen LogP contribution in [0.25, 0.3) is 0 Å². The number of carbonyl (C=O) groups excluding carboxylic acids is 1. The second-order valence-corrected chi connectivity index (χ2v) is 11.9. The topological polar surface area (TPSA) is 133 Å². The van der Waals surface area contributed by atoms with Gasteiger partial charge >= 0.3 is 6.18 Å². The number of nitrogens with one attached hydrogen (secondary N) is 2. The maximum absolute atomic E-state index is 13.6. The van der Waals surface area contributed by atoms with Crippen molar-refractivity contribution in [3.05, 3.63) is 87.3 Å². The zero-order valence-electron chi connectivity index (χ0n) is 19.8. The first kappa shape index (κ1) is 28.1. The first-order valence-corrected chi connectivity index (χ1v) is 13.9. The van der Waals surface area contributed by atoms with Crippen molar-refractivity contribution in [1.82, 2.24) is 9.71 Å². The molecule has 0 spiro atoms. The molecule has 2 aromatic carbocycles. The van der Waals surface area contributed by atoms with Crippen LogP contribution in [-0.4, -0.2) is 41.0 Å². The summed E-state index contributed by atoms with van der Waals surface area (Å²) in [4.78, 5) is 29.0. The van der Waals surface area contributed by atoms with E-state index in [-0.39, 0.29) is 27.7 Å². The quantitative estimate of drug-likeness (QED) is 0.459. The number of halogens is 3. The van der Waals surface area contributed by atoms with E-state index >= 15 is 0 Å². The van der Waals surface area contributed by atoms with Crippen molar-refractivity contribution < 1.29 is 34.8 Å².